The molecular formula is C11H12BrN3O. The minimum atomic E-state index is 0.703. The Labute approximate surface area is 102 Å². The van der Waals surface area contributed by atoms with Crippen molar-refractivity contribution in [3.8, 4) is 11.5 Å². The monoisotopic (exact) mass is 281 g/mol. The summed E-state index contributed by atoms with van der Waals surface area (Å²) in [4.78, 5) is 0. The van der Waals surface area contributed by atoms with Crippen molar-refractivity contribution in [3.05, 3.63) is 28.9 Å². The summed E-state index contributed by atoms with van der Waals surface area (Å²) in [6.07, 6.45) is 2.68. The summed E-state index contributed by atoms with van der Waals surface area (Å²) in [5.41, 5.74) is 0.721. The summed E-state index contributed by atoms with van der Waals surface area (Å²) < 4.78 is 6.19. The molecule has 0 spiro atoms. The van der Waals surface area contributed by atoms with Crippen LogP contribution in [0.1, 0.15) is 13.3 Å². The van der Waals surface area contributed by atoms with Crippen molar-refractivity contribution < 1.29 is 4.42 Å². The first-order valence-electron chi connectivity index (χ1n) is 5.12. The zero-order valence-corrected chi connectivity index (χ0v) is 10.5. The number of furan rings is 1. The van der Waals surface area contributed by atoms with Crippen molar-refractivity contribution in [3.63, 3.8) is 0 Å². The van der Waals surface area contributed by atoms with E-state index in [1.165, 1.54) is 0 Å². The van der Waals surface area contributed by atoms with Crippen LogP contribution in [0.3, 0.4) is 0 Å². The minimum Gasteiger partial charge on any atom is -0.461 e. The Morgan fingerprint density at radius 1 is 1.31 bits per heavy atom. The maximum absolute atomic E-state index is 5.30. The normalized spacial score (nSPS) is 10.4. The first-order chi connectivity index (χ1) is 7.81. The second kappa shape index (κ2) is 5.12. The Hall–Kier alpha value is -1.36. The zero-order valence-electron chi connectivity index (χ0n) is 8.90. The average molecular weight is 282 g/mol. The molecule has 0 atom stereocenters. The number of aromatic nitrogens is 2. The van der Waals surface area contributed by atoms with Gasteiger partial charge in [0.05, 0.1) is 10.7 Å². The Bertz CT molecular complexity index is 453. The van der Waals surface area contributed by atoms with Gasteiger partial charge in [0.25, 0.3) is 0 Å². The highest BCUT2D eigenvalue weighted by atomic mass is 79.9. The van der Waals surface area contributed by atoms with E-state index in [1.54, 1.807) is 6.26 Å². The average Bonchev–Trinajstić information content (AvgIpc) is 2.74. The maximum atomic E-state index is 5.30. The molecule has 84 valence electrons. The molecule has 5 heteroatoms. The zero-order chi connectivity index (χ0) is 11.4. The molecule has 0 aliphatic carbocycles. The van der Waals surface area contributed by atoms with E-state index < -0.39 is 0 Å². The summed E-state index contributed by atoms with van der Waals surface area (Å²) in [5.74, 6) is 1.49. The molecule has 1 N–H and O–H groups in total. The van der Waals surface area contributed by atoms with Crippen LogP contribution < -0.4 is 5.32 Å². The van der Waals surface area contributed by atoms with Gasteiger partial charge >= 0.3 is 0 Å². The molecule has 0 saturated carbocycles. The molecule has 0 aromatic carbocycles. The quantitative estimate of drug-likeness (QED) is 0.934. The number of anilines is 1. The Morgan fingerprint density at radius 3 is 2.75 bits per heavy atom. The fraction of sp³-hybridized carbons (Fsp3) is 0.273. The van der Waals surface area contributed by atoms with Crippen molar-refractivity contribution in [2.75, 3.05) is 11.9 Å². The van der Waals surface area contributed by atoms with Crippen LogP contribution in [-0.2, 0) is 0 Å². The van der Waals surface area contributed by atoms with Gasteiger partial charge < -0.3 is 9.73 Å². The smallest absolute Gasteiger partial charge is 0.168 e. The molecule has 0 unspecified atom stereocenters. The predicted octanol–water partition coefficient (Wildman–Crippen LogP) is 3.32. The van der Waals surface area contributed by atoms with Crippen LogP contribution in [0.5, 0.6) is 0 Å². The molecule has 2 rings (SSSR count). The molecule has 0 fully saturated rings. The second-order valence-electron chi connectivity index (χ2n) is 3.33. The van der Waals surface area contributed by atoms with Crippen LogP contribution in [0.2, 0.25) is 0 Å². The molecule has 2 aromatic rings. The van der Waals surface area contributed by atoms with Gasteiger partial charge in [0.15, 0.2) is 5.76 Å². The third-order valence-corrected chi connectivity index (χ3v) is 2.69. The molecular weight excluding hydrogens is 270 g/mol. The number of rotatable bonds is 4. The van der Waals surface area contributed by atoms with Crippen molar-refractivity contribution in [1.29, 1.82) is 0 Å². The van der Waals surface area contributed by atoms with Crippen LogP contribution in [0.25, 0.3) is 11.5 Å². The van der Waals surface area contributed by atoms with E-state index in [2.05, 4.69) is 38.4 Å². The Kier molecular flexibility index (Phi) is 3.56. The molecule has 0 saturated heterocycles. The van der Waals surface area contributed by atoms with E-state index in [-0.39, 0.29) is 0 Å². The van der Waals surface area contributed by atoms with Gasteiger partial charge in [0, 0.05) is 6.54 Å². The summed E-state index contributed by atoms with van der Waals surface area (Å²) >= 11 is 3.39. The fourth-order valence-electron chi connectivity index (χ4n) is 1.28. The second-order valence-corrected chi connectivity index (χ2v) is 4.18. The molecule has 0 aliphatic rings. The highest BCUT2D eigenvalue weighted by Gasteiger charge is 2.08. The Balaban J connectivity index is 2.16. The summed E-state index contributed by atoms with van der Waals surface area (Å²) in [7, 11) is 0. The molecule has 0 bridgehead atoms. The van der Waals surface area contributed by atoms with Crippen molar-refractivity contribution in [2.45, 2.75) is 13.3 Å². The number of nitrogens with zero attached hydrogens (tertiary/aromatic N) is 2. The van der Waals surface area contributed by atoms with Gasteiger partial charge in [0.1, 0.15) is 11.5 Å². The van der Waals surface area contributed by atoms with Gasteiger partial charge in [-0.05, 0) is 40.5 Å². The minimum absolute atomic E-state index is 0.703. The van der Waals surface area contributed by atoms with Crippen LogP contribution in [0.15, 0.2) is 33.4 Å². The lowest BCUT2D eigenvalue weighted by molar-refractivity contribution is 0.577. The molecule has 2 aromatic heterocycles. The fourth-order valence-corrected chi connectivity index (χ4v) is 1.68. The molecule has 2 heterocycles. The van der Waals surface area contributed by atoms with Crippen molar-refractivity contribution >= 4 is 21.7 Å². The van der Waals surface area contributed by atoms with Crippen LogP contribution in [0.4, 0.5) is 5.82 Å². The van der Waals surface area contributed by atoms with Gasteiger partial charge in [-0.2, -0.15) is 0 Å². The topological polar surface area (TPSA) is 51.0 Å². The molecule has 16 heavy (non-hydrogen) atoms. The summed E-state index contributed by atoms with van der Waals surface area (Å²) in [6, 6.07) is 5.61. The number of hydrogen-bond donors (Lipinski definition) is 1. The van der Waals surface area contributed by atoms with Crippen LogP contribution in [-0.4, -0.2) is 16.7 Å². The van der Waals surface area contributed by atoms with E-state index in [1.807, 2.05) is 18.2 Å². The summed E-state index contributed by atoms with van der Waals surface area (Å²) in [6.45, 7) is 3.01. The van der Waals surface area contributed by atoms with Crippen LogP contribution in [0, 0.1) is 0 Å². The standard InChI is InChI=1S/C11H12BrN3O/c1-2-6-13-10-4-3-9(14-15-10)11-8(12)5-7-16-11/h3-5,7H,2,6H2,1H3,(H,13,15). The first kappa shape index (κ1) is 11.1. The summed E-state index contributed by atoms with van der Waals surface area (Å²) in [5, 5.41) is 11.3. The molecule has 0 aliphatic heterocycles. The van der Waals surface area contributed by atoms with Crippen molar-refractivity contribution in [1.82, 2.24) is 10.2 Å². The van der Waals surface area contributed by atoms with Gasteiger partial charge in [-0.3, -0.25) is 0 Å². The third kappa shape index (κ3) is 2.41. The number of nitrogens with one attached hydrogen (secondary N) is 1. The molecule has 4 nitrogen and oxygen atoms in total. The number of hydrogen-bond acceptors (Lipinski definition) is 4. The third-order valence-electron chi connectivity index (χ3n) is 2.07. The maximum Gasteiger partial charge on any atom is 0.168 e. The predicted molar refractivity (Wildman–Crippen MR) is 66.2 cm³/mol. The van der Waals surface area contributed by atoms with E-state index >= 15 is 0 Å². The van der Waals surface area contributed by atoms with E-state index in [9.17, 15) is 0 Å². The van der Waals surface area contributed by atoms with Gasteiger partial charge in [-0.25, -0.2) is 0 Å². The number of halogens is 1. The van der Waals surface area contributed by atoms with E-state index in [0.717, 1.165) is 29.0 Å². The van der Waals surface area contributed by atoms with Gasteiger partial charge in [-0.1, -0.05) is 6.92 Å². The Morgan fingerprint density at radius 2 is 2.19 bits per heavy atom. The first-order valence-corrected chi connectivity index (χ1v) is 5.91. The SMILES string of the molecule is CCCNc1ccc(-c2occc2Br)nn1. The molecule has 0 radical (unpaired) electrons. The van der Waals surface area contributed by atoms with Gasteiger partial charge in [-0.15, -0.1) is 10.2 Å². The lowest BCUT2D eigenvalue weighted by atomic mass is 10.3. The largest absolute Gasteiger partial charge is 0.461 e. The van der Waals surface area contributed by atoms with Crippen LogP contribution >= 0.6 is 15.9 Å². The lowest BCUT2D eigenvalue weighted by Crippen LogP contribution is -2.02. The highest BCUT2D eigenvalue weighted by Crippen LogP contribution is 2.27. The lowest BCUT2D eigenvalue weighted by Gasteiger charge is -2.02. The van der Waals surface area contributed by atoms with Gasteiger partial charge in [0.2, 0.25) is 0 Å². The van der Waals surface area contributed by atoms with E-state index in [0.29, 0.717) is 5.76 Å². The van der Waals surface area contributed by atoms with Crippen molar-refractivity contribution in [2.24, 2.45) is 0 Å². The highest BCUT2D eigenvalue weighted by molar-refractivity contribution is 9.10. The molecule has 0 amide bonds. The van der Waals surface area contributed by atoms with E-state index in [4.69, 9.17) is 4.42 Å².